The number of hydrogen-bond acceptors (Lipinski definition) is 14. The lowest BCUT2D eigenvalue weighted by molar-refractivity contribution is -0.911. The topological polar surface area (TPSA) is 259 Å². The molecule has 1 aliphatic carbocycles. The van der Waals surface area contributed by atoms with Crippen LogP contribution in [0.4, 0.5) is 0 Å². The maximum Gasteiger partial charge on any atom is 0.338 e. The van der Waals surface area contributed by atoms with Gasteiger partial charge in [-0.2, -0.15) is 0 Å². The first-order valence-electron chi connectivity index (χ1n) is 18.6. The van der Waals surface area contributed by atoms with Crippen molar-refractivity contribution in [2.75, 3.05) is 46.0 Å². The summed E-state index contributed by atoms with van der Waals surface area (Å²) in [5.74, 6) is -5.00. The summed E-state index contributed by atoms with van der Waals surface area (Å²) in [6.07, 6.45) is 1.61. The highest BCUT2D eigenvalue weighted by Gasteiger charge is 2.49. The number of nitrogens with two attached hydrogens (primary N) is 1. The number of likely N-dealkylation sites (tertiary alicyclic amines) is 1. The Morgan fingerprint density at radius 3 is 2.49 bits per heavy atom. The van der Waals surface area contributed by atoms with Gasteiger partial charge in [0.25, 0.3) is 0 Å². The van der Waals surface area contributed by atoms with Crippen LogP contribution in [0, 0.1) is 23.7 Å². The van der Waals surface area contributed by atoms with Crippen LogP contribution in [0.2, 0.25) is 0 Å². The van der Waals surface area contributed by atoms with Crippen LogP contribution < -0.4 is 21.1 Å². The van der Waals surface area contributed by atoms with E-state index in [-0.39, 0.29) is 43.9 Å². The van der Waals surface area contributed by atoms with E-state index in [1.807, 2.05) is 0 Å². The van der Waals surface area contributed by atoms with E-state index in [0.717, 1.165) is 30.6 Å². The number of aliphatic hydroxyl groups is 5. The molecule has 9 N–H and O–H groups in total. The molecule has 4 unspecified atom stereocenters. The molecular formula is C36H58N4O13. The first-order valence-corrected chi connectivity index (χ1v) is 18.6. The van der Waals surface area contributed by atoms with Crippen molar-refractivity contribution in [1.82, 2.24) is 5.32 Å². The highest BCUT2D eigenvalue weighted by molar-refractivity contribution is 5.89. The number of esters is 1. The van der Waals surface area contributed by atoms with Crippen molar-refractivity contribution in [3.8, 4) is 0 Å². The van der Waals surface area contributed by atoms with Crippen molar-refractivity contribution in [2.24, 2.45) is 34.4 Å². The van der Waals surface area contributed by atoms with Gasteiger partial charge in [-0.25, -0.2) is 4.79 Å². The van der Waals surface area contributed by atoms with Gasteiger partial charge in [0.15, 0.2) is 12.2 Å². The van der Waals surface area contributed by atoms with Crippen LogP contribution in [0.5, 0.6) is 0 Å². The second-order valence-electron chi connectivity index (χ2n) is 14.3. The average Bonchev–Trinajstić information content (AvgIpc) is 3.64. The molecule has 0 bridgehead atoms. The maximum atomic E-state index is 13.7. The molecule has 17 heteroatoms. The number of hydrogen-bond donors (Lipinski definition) is 8. The summed E-state index contributed by atoms with van der Waals surface area (Å²) < 4.78 is 29.9. The number of aliphatic imine (C=N–C) groups is 1. The molecule has 0 amide bonds. The predicted octanol–water partition coefficient (Wildman–Crippen LogP) is -3.54. The largest absolute Gasteiger partial charge is 0.550 e. The molecule has 53 heavy (non-hydrogen) atoms. The number of ether oxygens (including phenoxy) is 5. The van der Waals surface area contributed by atoms with Gasteiger partial charge >= 0.3 is 5.97 Å². The number of carboxylic acids is 1. The third-order valence-corrected chi connectivity index (χ3v) is 10.2. The summed E-state index contributed by atoms with van der Waals surface area (Å²) in [7, 11) is 0. The molecule has 17 nitrogen and oxygen atoms in total. The Morgan fingerprint density at radius 2 is 1.87 bits per heavy atom. The van der Waals surface area contributed by atoms with Crippen LogP contribution in [-0.4, -0.2) is 145 Å². The third kappa shape index (κ3) is 11.2. The molecule has 12 atom stereocenters. The Bertz CT molecular complexity index is 1290. The minimum absolute atomic E-state index is 0.00192. The molecule has 0 aromatic heterocycles. The molecule has 0 aromatic carbocycles. The fraction of sp³-hybridized carbons (Fsp3) is 0.750. The first kappa shape index (κ1) is 42.6. The van der Waals surface area contributed by atoms with Gasteiger partial charge in [-0.1, -0.05) is 18.2 Å². The highest BCUT2D eigenvalue weighted by Crippen LogP contribution is 2.38. The van der Waals surface area contributed by atoms with Crippen molar-refractivity contribution in [3.63, 3.8) is 0 Å². The average molecular weight is 755 g/mol. The Kier molecular flexibility index (Phi) is 16.5. The van der Waals surface area contributed by atoms with Crippen LogP contribution in [-0.2, 0) is 33.3 Å². The monoisotopic (exact) mass is 754 g/mol. The second kappa shape index (κ2) is 20.5. The van der Waals surface area contributed by atoms with Crippen molar-refractivity contribution < 1.29 is 68.8 Å². The minimum atomic E-state index is -1.47. The number of nitrogens with one attached hydrogen (secondary N) is 2. The Hall–Kier alpha value is -3.13. The number of allylic oxidation sites excluding steroid dienone is 1. The SMILES string of the molecule is C=C[C@H]1[C@@H](O[C@@H]2O[C@H](CO)[C@@H](O)[C@H](O)[C@@H]2OC(C)C)OC=C(C(=O)OC2CCCC2)[C@H]1C=CC1C[NH+](CCO)CC(C(=O)[O-])C1NC(N)=NCCCO. The standard InChI is InChI=1S/C36H58N4O13/c1-4-23-24(11-10-21-16-40(13-15-42)17-25(32(46)47)28(21)39-36(37)38-12-7-14-41)26(33(48)51-22-8-5-6-9-22)19-49-34(23)53-35-31(50-20(2)3)30(45)29(44)27(18-43)52-35/h4,10-11,19-25,27-31,34-35,41-45H,1,5-9,12-18H2,2-3H3,(H,46,47)(H3,37,38,39)/t21?,23-,24+,25?,27-,28?,29-,30+,31+,34-,35+/m1/s1. The smallest absolute Gasteiger partial charge is 0.338 e. The highest BCUT2D eigenvalue weighted by atomic mass is 16.8. The fourth-order valence-corrected chi connectivity index (χ4v) is 7.48. The van der Waals surface area contributed by atoms with E-state index in [0.29, 0.717) is 19.5 Å². The van der Waals surface area contributed by atoms with Gasteiger partial charge in [0.05, 0.1) is 68.1 Å². The number of guanidine groups is 1. The number of rotatable bonds is 17. The number of carbonyl (C=O) groups is 2. The van der Waals surface area contributed by atoms with Gasteiger partial charge in [0.2, 0.25) is 6.29 Å². The molecule has 3 aliphatic heterocycles. The third-order valence-electron chi connectivity index (χ3n) is 10.2. The molecular weight excluding hydrogens is 696 g/mol. The number of nitrogens with zero attached hydrogens (tertiary/aromatic N) is 1. The minimum Gasteiger partial charge on any atom is -0.550 e. The summed E-state index contributed by atoms with van der Waals surface area (Å²) in [6, 6.07) is -0.781. The molecule has 0 spiro atoms. The number of aliphatic carboxylic acids is 1. The molecule has 4 aliphatic rings. The quantitative estimate of drug-likeness (QED) is 0.0235. The number of quaternary nitrogens is 1. The van der Waals surface area contributed by atoms with Gasteiger partial charge in [-0.3, -0.25) is 4.99 Å². The second-order valence-corrected chi connectivity index (χ2v) is 14.3. The maximum absolute atomic E-state index is 13.7. The summed E-state index contributed by atoms with van der Waals surface area (Å²) >= 11 is 0. The van der Waals surface area contributed by atoms with Crippen molar-refractivity contribution in [1.29, 1.82) is 0 Å². The number of carboxylic acid groups (broad SMARTS) is 1. The Labute approximate surface area is 310 Å². The van der Waals surface area contributed by atoms with Gasteiger partial charge in [0.1, 0.15) is 37.1 Å². The first-order chi connectivity index (χ1) is 25.4. The normalized spacial score (nSPS) is 35.5. The van der Waals surface area contributed by atoms with E-state index in [4.69, 9.17) is 34.5 Å². The lowest BCUT2D eigenvalue weighted by Crippen LogP contribution is -3.16. The van der Waals surface area contributed by atoms with Crippen molar-refractivity contribution in [3.05, 3.63) is 36.6 Å². The molecule has 2 saturated heterocycles. The van der Waals surface area contributed by atoms with E-state index in [2.05, 4.69) is 16.9 Å². The van der Waals surface area contributed by atoms with E-state index in [9.17, 15) is 35.1 Å². The van der Waals surface area contributed by atoms with Crippen LogP contribution in [0.15, 0.2) is 41.6 Å². The van der Waals surface area contributed by atoms with E-state index in [1.54, 1.807) is 32.1 Å². The van der Waals surface area contributed by atoms with Gasteiger partial charge in [-0.15, -0.1) is 6.58 Å². The summed E-state index contributed by atoms with van der Waals surface area (Å²) in [6.45, 7) is 7.68. The van der Waals surface area contributed by atoms with E-state index in [1.165, 1.54) is 6.26 Å². The molecule has 300 valence electrons. The van der Waals surface area contributed by atoms with E-state index >= 15 is 0 Å². The molecule has 3 heterocycles. The van der Waals surface area contributed by atoms with Crippen molar-refractivity contribution in [2.45, 2.75) is 101 Å². The van der Waals surface area contributed by atoms with Gasteiger partial charge in [-0.05, 0) is 46.0 Å². The Balaban J connectivity index is 1.70. The molecule has 0 aromatic rings. The van der Waals surface area contributed by atoms with Crippen LogP contribution >= 0.6 is 0 Å². The van der Waals surface area contributed by atoms with E-state index < -0.39 is 91.4 Å². The Morgan fingerprint density at radius 1 is 1.13 bits per heavy atom. The fourth-order valence-electron chi connectivity index (χ4n) is 7.48. The summed E-state index contributed by atoms with van der Waals surface area (Å²) in [4.78, 5) is 31.2. The van der Waals surface area contributed by atoms with Crippen LogP contribution in [0.1, 0.15) is 46.0 Å². The zero-order valence-electron chi connectivity index (χ0n) is 30.5. The number of aliphatic hydroxyl groups excluding tert-OH is 5. The van der Waals surface area contributed by atoms with Crippen LogP contribution in [0.25, 0.3) is 0 Å². The molecule has 1 saturated carbocycles. The molecule has 4 rings (SSSR count). The lowest BCUT2D eigenvalue weighted by Gasteiger charge is -2.45. The van der Waals surface area contributed by atoms with Gasteiger partial charge < -0.3 is 75.1 Å². The van der Waals surface area contributed by atoms with Crippen LogP contribution in [0.3, 0.4) is 0 Å². The predicted molar refractivity (Wildman–Crippen MR) is 186 cm³/mol. The zero-order chi connectivity index (χ0) is 38.7. The summed E-state index contributed by atoms with van der Waals surface area (Å²) in [5.41, 5.74) is 6.33. The number of carbonyl (C=O) groups excluding carboxylic acids is 2. The number of piperidine rings is 1. The van der Waals surface area contributed by atoms with Gasteiger partial charge in [0, 0.05) is 25.0 Å². The molecule has 0 radical (unpaired) electrons. The van der Waals surface area contributed by atoms with Crippen molar-refractivity contribution >= 4 is 17.9 Å². The zero-order valence-corrected chi connectivity index (χ0v) is 30.5. The lowest BCUT2D eigenvalue weighted by atomic mass is 9.79. The molecule has 3 fully saturated rings. The summed E-state index contributed by atoms with van der Waals surface area (Å²) in [5, 5.41) is 65.7.